The standard InChI is InChI=1S/C20H28FN3O2/c21-16-10-9-15(23-19(26)20(22)11-5-2-6-12-20)13-17(16)24-18(25)14-7-3-1-4-8-14/h9-10,13-14H,1-8,11-12,22H2,(H,23,26)(H,24,25). The summed E-state index contributed by atoms with van der Waals surface area (Å²) in [4.78, 5) is 24.9. The predicted molar refractivity (Wildman–Crippen MR) is 100 cm³/mol. The molecule has 2 saturated carbocycles. The first-order chi connectivity index (χ1) is 12.5. The minimum absolute atomic E-state index is 0.0593. The van der Waals surface area contributed by atoms with Crippen molar-refractivity contribution in [2.24, 2.45) is 11.7 Å². The summed E-state index contributed by atoms with van der Waals surface area (Å²) in [6, 6.07) is 4.23. The van der Waals surface area contributed by atoms with Crippen LogP contribution in [-0.4, -0.2) is 17.4 Å². The van der Waals surface area contributed by atoms with Gasteiger partial charge in [-0.2, -0.15) is 0 Å². The second-order valence-corrected chi connectivity index (χ2v) is 7.69. The maximum Gasteiger partial charge on any atom is 0.244 e. The summed E-state index contributed by atoms with van der Waals surface area (Å²) in [7, 11) is 0. The van der Waals surface area contributed by atoms with Gasteiger partial charge >= 0.3 is 0 Å². The van der Waals surface area contributed by atoms with E-state index in [-0.39, 0.29) is 23.4 Å². The second kappa shape index (κ2) is 8.16. The summed E-state index contributed by atoms with van der Waals surface area (Å²) in [6.07, 6.45) is 9.22. The van der Waals surface area contributed by atoms with Crippen LogP contribution >= 0.6 is 0 Å². The molecule has 3 rings (SSSR count). The molecule has 2 amide bonds. The highest BCUT2D eigenvalue weighted by Gasteiger charge is 2.35. The zero-order valence-electron chi connectivity index (χ0n) is 15.2. The molecule has 26 heavy (non-hydrogen) atoms. The van der Waals surface area contributed by atoms with Gasteiger partial charge in [0.15, 0.2) is 0 Å². The average Bonchev–Trinajstić information content (AvgIpc) is 2.65. The van der Waals surface area contributed by atoms with Crippen LogP contribution in [0.25, 0.3) is 0 Å². The van der Waals surface area contributed by atoms with E-state index < -0.39 is 11.4 Å². The smallest absolute Gasteiger partial charge is 0.244 e. The molecular formula is C20H28FN3O2. The van der Waals surface area contributed by atoms with Gasteiger partial charge in [-0.3, -0.25) is 9.59 Å². The van der Waals surface area contributed by atoms with E-state index in [1.807, 2.05) is 0 Å². The number of rotatable bonds is 4. The largest absolute Gasteiger partial charge is 0.324 e. The molecule has 6 heteroatoms. The van der Waals surface area contributed by atoms with Gasteiger partial charge in [0.2, 0.25) is 11.8 Å². The number of hydrogen-bond donors (Lipinski definition) is 3. The fourth-order valence-corrected chi connectivity index (χ4v) is 3.96. The Bertz CT molecular complexity index is 665. The lowest BCUT2D eigenvalue weighted by Crippen LogP contribution is -2.52. The van der Waals surface area contributed by atoms with E-state index in [1.54, 1.807) is 0 Å². The number of anilines is 2. The monoisotopic (exact) mass is 361 g/mol. The normalized spacial score (nSPS) is 20.4. The van der Waals surface area contributed by atoms with E-state index in [0.717, 1.165) is 51.4 Å². The van der Waals surface area contributed by atoms with Crippen molar-refractivity contribution in [3.63, 3.8) is 0 Å². The predicted octanol–water partition coefficient (Wildman–Crippen LogP) is 3.94. The number of nitrogens with two attached hydrogens (primary N) is 1. The van der Waals surface area contributed by atoms with Crippen LogP contribution in [0.15, 0.2) is 18.2 Å². The van der Waals surface area contributed by atoms with Crippen molar-refractivity contribution in [1.82, 2.24) is 0 Å². The van der Waals surface area contributed by atoms with E-state index >= 15 is 0 Å². The van der Waals surface area contributed by atoms with Crippen molar-refractivity contribution >= 4 is 23.2 Å². The molecule has 0 aromatic heterocycles. The number of hydrogen-bond acceptors (Lipinski definition) is 3. The second-order valence-electron chi connectivity index (χ2n) is 7.69. The molecule has 0 radical (unpaired) electrons. The van der Waals surface area contributed by atoms with Gasteiger partial charge in [-0.05, 0) is 43.9 Å². The topological polar surface area (TPSA) is 84.2 Å². The van der Waals surface area contributed by atoms with Crippen molar-refractivity contribution in [2.75, 3.05) is 10.6 Å². The first-order valence-electron chi connectivity index (χ1n) is 9.69. The third-order valence-corrected chi connectivity index (χ3v) is 5.66. The maximum absolute atomic E-state index is 14.1. The summed E-state index contributed by atoms with van der Waals surface area (Å²) in [5.41, 5.74) is 5.93. The fourth-order valence-electron chi connectivity index (χ4n) is 3.96. The minimum atomic E-state index is -0.863. The van der Waals surface area contributed by atoms with Gasteiger partial charge in [0, 0.05) is 11.6 Å². The van der Waals surface area contributed by atoms with Gasteiger partial charge in [-0.25, -0.2) is 4.39 Å². The molecule has 0 unspecified atom stereocenters. The first-order valence-corrected chi connectivity index (χ1v) is 9.69. The molecule has 1 aromatic carbocycles. The highest BCUT2D eigenvalue weighted by atomic mass is 19.1. The zero-order valence-corrected chi connectivity index (χ0v) is 15.2. The Morgan fingerprint density at radius 3 is 2.35 bits per heavy atom. The number of halogens is 1. The molecule has 0 spiro atoms. The molecular weight excluding hydrogens is 333 g/mol. The third kappa shape index (κ3) is 4.41. The van der Waals surface area contributed by atoms with Crippen molar-refractivity contribution in [2.45, 2.75) is 69.7 Å². The summed E-state index contributed by atoms with van der Waals surface area (Å²) in [5, 5.41) is 5.48. The van der Waals surface area contributed by atoms with Gasteiger partial charge in [0.25, 0.3) is 0 Å². The molecule has 5 nitrogen and oxygen atoms in total. The van der Waals surface area contributed by atoms with Crippen molar-refractivity contribution in [3.05, 3.63) is 24.0 Å². The van der Waals surface area contributed by atoms with Gasteiger partial charge < -0.3 is 16.4 Å². The third-order valence-electron chi connectivity index (χ3n) is 5.66. The number of nitrogens with one attached hydrogen (secondary N) is 2. The average molecular weight is 361 g/mol. The van der Waals surface area contributed by atoms with E-state index in [1.165, 1.54) is 18.2 Å². The molecule has 142 valence electrons. The van der Waals surface area contributed by atoms with Crippen LogP contribution in [0.3, 0.4) is 0 Å². The Hall–Kier alpha value is -1.95. The Labute approximate surface area is 153 Å². The van der Waals surface area contributed by atoms with E-state index in [9.17, 15) is 14.0 Å². The molecule has 2 aliphatic rings. The van der Waals surface area contributed by atoms with Crippen LogP contribution in [0.4, 0.5) is 15.8 Å². The number of carbonyl (C=O) groups excluding carboxylic acids is 2. The van der Waals surface area contributed by atoms with E-state index in [0.29, 0.717) is 18.5 Å². The van der Waals surface area contributed by atoms with Gasteiger partial charge in [-0.15, -0.1) is 0 Å². The van der Waals surface area contributed by atoms with Crippen molar-refractivity contribution in [1.29, 1.82) is 0 Å². The van der Waals surface area contributed by atoms with Crippen LogP contribution < -0.4 is 16.4 Å². The Balaban J connectivity index is 1.67. The highest BCUT2D eigenvalue weighted by Crippen LogP contribution is 2.29. The number of carbonyl (C=O) groups is 2. The Morgan fingerprint density at radius 2 is 1.65 bits per heavy atom. The van der Waals surface area contributed by atoms with E-state index in [4.69, 9.17) is 5.73 Å². The Kier molecular flexibility index (Phi) is 5.91. The molecule has 0 atom stereocenters. The van der Waals surface area contributed by atoms with Crippen molar-refractivity contribution < 1.29 is 14.0 Å². The maximum atomic E-state index is 14.1. The fraction of sp³-hybridized carbons (Fsp3) is 0.600. The highest BCUT2D eigenvalue weighted by molar-refractivity contribution is 5.99. The lowest BCUT2D eigenvalue weighted by molar-refractivity contribution is -0.122. The molecule has 2 aliphatic carbocycles. The van der Waals surface area contributed by atoms with E-state index in [2.05, 4.69) is 10.6 Å². The molecule has 0 heterocycles. The van der Waals surface area contributed by atoms with Crippen LogP contribution in [0, 0.1) is 11.7 Å². The summed E-state index contributed by atoms with van der Waals surface area (Å²) in [5.74, 6) is -0.953. The molecule has 1 aromatic rings. The van der Waals surface area contributed by atoms with Gasteiger partial charge in [-0.1, -0.05) is 38.5 Å². The van der Waals surface area contributed by atoms with Crippen LogP contribution in [0.2, 0.25) is 0 Å². The minimum Gasteiger partial charge on any atom is -0.324 e. The molecule has 0 saturated heterocycles. The molecule has 4 N–H and O–H groups in total. The lowest BCUT2D eigenvalue weighted by Gasteiger charge is -2.31. The SMILES string of the molecule is NC1(C(=O)Nc2ccc(F)c(NC(=O)C3CCCCC3)c2)CCCCC1. The Morgan fingerprint density at radius 1 is 1.00 bits per heavy atom. The summed E-state index contributed by atoms with van der Waals surface area (Å²) >= 11 is 0. The summed E-state index contributed by atoms with van der Waals surface area (Å²) in [6.45, 7) is 0. The quantitative estimate of drug-likeness (QED) is 0.759. The number of benzene rings is 1. The van der Waals surface area contributed by atoms with Crippen LogP contribution in [0.1, 0.15) is 64.2 Å². The van der Waals surface area contributed by atoms with Crippen LogP contribution in [0.5, 0.6) is 0 Å². The molecule has 0 bridgehead atoms. The van der Waals surface area contributed by atoms with Crippen molar-refractivity contribution in [3.8, 4) is 0 Å². The molecule has 2 fully saturated rings. The first kappa shape index (κ1) is 18.8. The lowest BCUT2D eigenvalue weighted by atomic mass is 9.82. The zero-order chi connectivity index (χ0) is 18.6. The number of amides is 2. The van der Waals surface area contributed by atoms with Crippen LogP contribution in [-0.2, 0) is 9.59 Å². The summed E-state index contributed by atoms with van der Waals surface area (Å²) < 4.78 is 14.1. The van der Waals surface area contributed by atoms with Gasteiger partial charge in [0.1, 0.15) is 5.82 Å². The molecule has 0 aliphatic heterocycles. The van der Waals surface area contributed by atoms with Gasteiger partial charge in [0.05, 0.1) is 11.2 Å².